The molecule has 0 spiro atoms. The van der Waals surface area contributed by atoms with Crippen molar-refractivity contribution in [2.45, 2.75) is 0 Å². The van der Waals surface area contributed by atoms with E-state index in [9.17, 15) is 0 Å². The van der Waals surface area contributed by atoms with Gasteiger partial charge in [0.2, 0.25) is 0 Å². The van der Waals surface area contributed by atoms with E-state index in [-0.39, 0.29) is 0 Å². The normalized spacial score (nSPS) is 3.00. The Morgan fingerprint density at radius 2 is 1.25 bits per heavy atom. The minimum absolute atomic E-state index is 3.64. The molecule has 4 heavy (non-hydrogen) atoms. The summed E-state index contributed by atoms with van der Waals surface area (Å²) in [5.74, 6) is 8.00. The second-order valence-electron chi connectivity index (χ2n) is 0. The van der Waals surface area contributed by atoms with Gasteiger partial charge in [0.15, 0.2) is 0 Å². The highest BCUT2D eigenvalue weighted by molar-refractivity contribution is 6.04. The molecule has 0 atom stereocenters. The van der Waals surface area contributed by atoms with Crippen molar-refractivity contribution in [1.82, 2.24) is 0 Å². The molecule has 0 aromatic rings. The SMILES string of the molecule is NN.OCl. The maximum Gasteiger partial charge on any atom is 0.0579 e. The van der Waals surface area contributed by atoms with Gasteiger partial charge in [-0.3, -0.25) is 16.3 Å². The molecule has 4 heteroatoms. The van der Waals surface area contributed by atoms with Crippen LogP contribution in [0.4, 0.5) is 0 Å². The molecular formula is H5ClN2O. The Morgan fingerprint density at radius 3 is 1.25 bits per heavy atom. The number of hydrogen-bond acceptors (Lipinski definition) is 3. The Labute approximate surface area is 29.3 Å². The van der Waals surface area contributed by atoms with Gasteiger partial charge < -0.3 is 0 Å². The monoisotopic (exact) mass is 84.0 g/mol. The molecule has 0 rings (SSSR count). The lowest BCUT2D eigenvalue weighted by Gasteiger charge is -1.27. The van der Waals surface area contributed by atoms with E-state index in [2.05, 4.69) is 23.6 Å². The average Bonchev–Trinajstić information content (AvgIpc) is 1.50. The molecule has 0 heterocycles. The van der Waals surface area contributed by atoms with Crippen LogP contribution in [-0.4, -0.2) is 4.66 Å². The molecular weight excluding hydrogens is 79.5 g/mol. The van der Waals surface area contributed by atoms with Crippen LogP contribution in [-0.2, 0) is 0 Å². The Balaban J connectivity index is 0. The standard InChI is InChI=1S/ClHO.H4N2/c2*1-2/h2H;1-2H2. The number of hydrazine groups is 1. The molecule has 0 amide bonds. The van der Waals surface area contributed by atoms with Crippen LogP contribution in [0.5, 0.6) is 0 Å². The fourth-order valence-electron chi connectivity index (χ4n) is 0. The van der Waals surface area contributed by atoms with Crippen molar-refractivity contribution in [3.05, 3.63) is 0 Å². The summed E-state index contributed by atoms with van der Waals surface area (Å²) < 4.78 is 6.47. The van der Waals surface area contributed by atoms with Crippen molar-refractivity contribution >= 4 is 11.9 Å². The van der Waals surface area contributed by atoms with Crippen LogP contribution < -0.4 is 11.7 Å². The Hall–Kier alpha value is 0.170. The summed E-state index contributed by atoms with van der Waals surface area (Å²) in [7, 11) is 0. The van der Waals surface area contributed by atoms with Gasteiger partial charge in [0, 0.05) is 0 Å². The third-order valence-corrected chi connectivity index (χ3v) is 0. The van der Waals surface area contributed by atoms with E-state index in [1.54, 1.807) is 0 Å². The molecule has 0 aromatic heterocycles. The smallest absolute Gasteiger partial charge is 0.0579 e. The van der Waals surface area contributed by atoms with Crippen molar-refractivity contribution < 1.29 is 4.66 Å². The first-order valence-corrected chi connectivity index (χ1v) is 0.840. The quantitative estimate of drug-likeness (QED) is 0.259. The van der Waals surface area contributed by atoms with Crippen LogP contribution in [0.15, 0.2) is 0 Å². The summed E-state index contributed by atoms with van der Waals surface area (Å²) in [6.45, 7) is 0. The van der Waals surface area contributed by atoms with E-state index in [0.717, 1.165) is 0 Å². The van der Waals surface area contributed by atoms with Crippen molar-refractivity contribution in [2.24, 2.45) is 11.7 Å². The van der Waals surface area contributed by atoms with Gasteiger partial charge >= 0.3 is 0 Å². The summed E-state index contributed by atoms with van der Waals surface area (Å²) >= 11 is 3.64. The molecule has 0 unspecified atom stereocenters. The van der Waals surface area contributed by atoms with Crippen LogP contribution in [0, 0.1) is 0 Å². The number of halogens is 1. The Kier molecular flexibility index (Phi) is 1150. The summed E-state index contributed by atoms with van der Waals surface area (Å²) in [6, 6.07) is 0. The minimum atomic E-state index is 3.64. The second-order valence-corrected chi connectivity index (χ2v) is 0. The molecule has 0 aromatic carbocycles. The van der Waals surface area contributed by atoms with Gasteiger partial charge in [0.1, 0.15) is 0 Å². The van der Waals surface area contributed by atoms with Gasteiger partial charge in [-0.2, -0.15) is 0 Å². The summed E-state index contributed by atoms with van der Waals surface area (Å²) in [6.07, 6.45) is 0. The molecule has 0 aliphatic heterocycles. The lowest BCUT2D eigenvalue weighted by Crippen LogP contribution is -2.02. The third-order valence-electron chi connectivity index (χ3n) is 0. The Morgan fingerprint density at radius 1 is 1.25 bits per heavy atom. The third kappa shape index (κ3) is 103. The predicted octanol–water partition coefficient (Wildman–Crippen LogP) is -1.05. The van der Waals surface area contributed by atoms with E-state index in [0.29, 0.717) is 0 Å². The van der Waals surface area contributed by atoms with E-state index in [4.69, 9.17) is 4.66 Å². The zero-order valence-electron chi connectivity index (χ0n) is 1.98. The van der Waals surface area contributed by atoms with Crippen molar-refractivity contribution in [3.63, 3.8) is 0 Å². The first kappa shape index (κ1) is 8.90. The van der Waals surface area contributed by atoms with Crippen LogP contribution >= 0.6 is 11.9 Å². The van der Waals surface area contributed by atoms with Crippen LogP contribution in [0.25, 0.3) is 0 Å². The molecule has 3 nitrogen and oxygen atoms in total. The van der Waals surface area contributed by atoms with Gasteiger partial charge in [-0.1, -0.05) is 0 Å². The summed E-state index contributed by atoms with van der Waals surface area (Å²) in [5, 5.41) is 0. The molecule has 0 saturated heterocycles. The van der Waals surface area contributed by atoms with E-state index >= 15 is 0 Å². The van der Waals surface area contributed by atoms with Crippen LogP contribution in [0.1, 0.15) is 0 Å². The molecule has 0 bridgehead atoms. The average molecular weight is 84.5 g/mol. The van der Waals surface area contributed by atoms with Crippen molar-refractivity contribution in [2.75, 3.05) is 0 Å². The number of nitrogens with two attached hydrogens (primary N) is 2. The first-order chi connectivity index (χ1) is 2.00. The molecule has 0 aliphatic carbocycles. The summed E-state index contributed by atoms with van der Waals surface area (Å²) in [4.78, 5) is 0. The largest absolute Gasteiger partial charge is 0.295 e. The van der Waals surface area contributed by atoms with Gasteiger partial charge in [-0.25, -0.2) is 0 Å². The van der Waals surface area contributed by atoms with Gasteiger partial charge in [-0.15, -0.1) is 0 Å². The molecule has 0 fully saturated rings. The highest BCUT2D eigenvalue weighted by Gasteiger charge is 0.897. The zero-order valence-corrected chi connectivity index (χ0v) is 2.74. The fraction of sp³-hybridized carbons (Fsp3) is 0. The van der Waals surface area contributed by atoms with Crippen LogP contribution in [0.3, 0.4) is 0 Å². The lowest BCUT2D eigenvalue weighted by atomic mass is 13.0. The summed E-state index contributed by atoms with van der Waals surface area (Å²) in [5.41, 5.74) is 0. The molecule has 0 aliphatic rings. The first-order valence-electron chi connectivity index (χ1n) is 0.502. The van der Waals surface area contributed by atoms with Gasteiger partial charge in [0.05, 0.1) is 11.9 Å². The van der Waals surface area contributed by atoms with Gasteiger partial charge in [0.25, 0.3) is 0 Å². The molecule has 5 N–H and O–H groups in total. The maximum absolute atomic E-state index is 6.47. The molecule has 0 radical (unpaired) electrons. The molecule has 28 valence electrons. The van der Waals surface area contributed by atoms with E-state index in [1.807, 2.05) is 0 Å². The van der Waals surface area contributed by atoms with Gasteiger partial charge in [-0.05, 0) is 0 Å². The number of rotatable bonds is 0. The van der Waals surface area contributed by atoms with Crippen LogP contribution in [0.2, 0.25) is 0 Å². The van der Waals surface area contributed by atoms with E-state index < -0.39 is 0 Å². The second kappa shape index (κ2) is 517. The number of hydrogen-bond donors (Lipinski definition) is 3. The van der Waals surface area contributed by atoms with E-state index in [1.165, 1.54) is 0 Å². The highest BCUT2D eigenvalue weighted by atomic mass is 35.5. The fourth-order valence-corrected chi connectivity index (χ4v) is 0. The Bertz CT molecular complexity index is 6.00. The topological polar surface area (TPSA) is 72.3 Å². The predicted molar refractivity (Wildman–Crippen MR) is 16.4 cm³/mol. The zero-order chi connectivity index (χ0) is 4.00. The highest BCUT2D eigenvalue weighted by Crippen LogP contribution is 1.31. The van der Waals surface area contributed by atoms with Crippen molar-refractivity contribution in [3.8, 4) is 0 Å². The van der Waals surface area contributed by atoms with Crippen molar-refractivity contribution in [1.29, 1.82) is 0 Å². The molecule has 0 saturated carbocycles. The maximum atomic E-state index is 6.47. The minimum Gasteiger partial charge on any atom is -0.295 e. The lowest BCUT2D eigenvalue weighted by molar-refractivity contribution is 0.632.